The third kappa shape index (κ3) is 3.30. The van der Waals surface area contributed by atoms with Crippen LogP contribution in [0.5, 0.6) is 0 Å². The predicted molar refractivity (Wildman–Crippen MR) is 72.0 cm³/mol. The fraction of sp³-hybridized carbons (Fsp3) is 0.357. The Morgan fingerprint density at radius 1 is 1.30 bits per heavy atom. The average Bonchev–Trinajstić information content (AvgIpc) is 2.80. The predicted octanol–water partition coefficient (Wildman–Crippen LogP) is 4.88. The Kier molecular flexibility index (Phi) is 4.32. The first-order valence-corrected chi connectivity index (χ1v) is 7.01. The normalized spacial score (nSPS) is 11.8. The molecule has 2 aromatic rings. The van der Waals surface area contributed by atoms with Crippen LogP contribution in [0.4, 0.5) is 13.2 Å². The van der Waals surface area contributed by atoms with E-state index >= 15 is 0 Å². The van der Waals surface area contributed by atoms with Crippen molar-refractivity contribution in [1.29, 1.82) is 0 Å². The topological polar surface area (TPSA) is 26.3 Å². The van der Waals surface area contributed by atoms with Gasteiger partial charge in [-0.25, -0.2) is 4.79 Å². The molecule has 0 aliphatic carbocycles. The average molecular weight is 302 g/mol. The second-order valence-corrected chi connectivity index (χ2v) is 5.43. The second-order valence-electron chi connectivity index (χ2n) is 4.35. The molecule has 0 unspecified atom stereocenters. The third-order valence-electron chi connectivity index (χ3n) is 2.78. The van der Waals surface area contributed by atoms with E-state index in [1.54, 1.807) is 0 Å². The van der Waals surface area contributed by atoms with Crippen LogP contribution >= 0.6 is 11.3 Å². The van der Waals surface area contributed by atoms with Gasteiger partial charge in [-0.1, -0.05) is 13.3 Å². The van der Waals surface area contributed by atoms with E-state index < -0.39 is 17.7 Å². The first-order chi connectivity index (χ1) is 9.41. The van der Waals surface area contributed by atoms with Crippen LogP contribution in [-0.4, -0.2) is 12.6 Å². The van der Waals surface area contributed by atoms with Crippen molar-refractivity contribution in [3.8, 4) is 0 Å². The molecule has 0 atom stereocenters. The van der Waals surface area contributed by atoms with Gasteiger partial charge in [0.25, 0.3) is 0 Å². The van der Waals surface area contributed by atoms with Crippen LogP contribution in [0.25, 0.3) is 10.1 Å². The smallest absolute Gasteiger partial charge is 0.416 e. The van der Waals surface area contributed by atoms with E-state index in [1.807, 2.05) is 6.92 Å². The molecule has 0 aliphatic heterocycles. The lowest BCUT2D eigenvalue weighted by Gasteiger charge is -2.05. The maximum absolute atomic E-state index is 12.6. The van der Waals surface area contributed by atoms with E-state index in [0.29, 0.717) is 21.6 Å². The molecule has 20 heavy (non-hydrogen) atoms. The van der Waals surface area contributed by atoms with Crippen LogP contribution in [0.1, 0.15) is 35.0 Å². The number of ether oxygens (including phenoxy) is 1. The van der Waals surface area contributed by atoms with Gasteiger partial charge in [-0.2, -0.15) is 13.2 Å². The van der Waals surface area contributed by atoms with E-state index in [-0.39, 0.29) is 0 Å². The summed E-state index contributed by atoms with van der Waals surface area (Å²) in [5, 5.41) is 0.410. The number of alkyl halides is 3. The third-order valence-corrected chi connectivity index (χ3v) is 3.87. The molecular formula is C14H13F3O2S. The molecule has 0 saturated heterocycles. The Morgan fingerprint density at radius 2 is 2.05 bits per heavy atom. The molecule has 108 valence electrons. The van der Waals surface area contributed by atoms with E-state index in [0.717, 1.165) is 36.3 Å². The molecule has 0 spiro atoms. The van der Waals surface area contributed by atoms with Crippen LogP contribution in [0.2, 0.25) is 0 Å². The molecule has 1 heterocycles. The fourth-order valence-corrected chi connectivity index (χ4v) is 2.64. The van der Waals surface area contributed by atoms with Crippen molar-refractivity contribution in [3.63, 3.8) is 0 Å². The zero-order chi connectivity index (χ0) is 14.8. The summed E-state index contributed by atoms with van der Waals surface area (Å²) in [6.07, 6.45) is -2.69. The monoisotopic (exact) mass is 302 g/mol. The lowest BCUT2D eigenvalue weighted by Crippen LogP contribution is -2.04. The van der Waals surface area contributed by atoms with E-state index in [9.17, 15) is 18.0 Å². The summed E-state index contributed by atoms with van der Waals surface area (Å²) in [5.74, 6) is -0.479. The molecule has 0 bridgehead atoms. The molecule has 0 aliphatic rings. The summed E-state index contributed by atoms with van der Waals surface area (Å²) < 4.78 is 43.5. The van der Waals surface area contributed by atoms with Crippen LogP contribution in [0.15, 0.2) is 24.3 Å². The molecule has 1 aromatic heterocycles. The zero-order valence-electron chi connectivity index (χ0n) is 10.8. The molecule has 0 fully saturated rings. The minimum Gasteiger partial charge on any atom is -0.462 e. The summed E-state index contributed by atoms with van der Waals surface area (Å²) in [6.45, 7) is 2.31. The van der Waals surface area contributed by atoms with Crippen molar-refractivity contribution in [3.05, 3.63) is 34.7 Å². The molecule has 0 amide bonds. The van der Waals surface area contributed by atoms with Crippen molar-refractivity contribution in [2.45, 2.75) is 25.9 Å². The molecule has 2 nitrogen and oxygen atoms in total. The molecular weight excluding hydrogens is 289 g/mol. The highest BCUT2D eigenvalue weighted by atomic mass is 32.1. The standard InChI is InChI=1S/C14H13F3O2S/c1-2-3-6-19-13(18)12-8-9-7-10(14(15,16)17)4-5-11(9)20-12/h4-5,7-8H,2-3,6H2,1H3. The van der Waals surface area contributed by atoms with Gasteiger partial charge in [-0.15, -0.1) is 11.3 Å². The minimum absolute atomic E-state index is 0.329. The van der Waals surface area contributed by atoms with Crippen molar-refractivity contribution in [2.75, 3.05) is 6.61 Å². The Labute approximate surface area is 118 Å². The van der Waals surface area contributed by atoms with Gasteiger partial charge in [0, 0.05) is 4.70 Å². The number of fused-ring (bicyclic) bond motifs is 1. The number of hydrogen-bond donors (Lipinski definition) is 0. The minimum atomic E-state index is -4.38. The van der Waals surface area contributed by atoms with Crippen molar-refractivity contribution < 1.29 is 22.7 Å². The summed E-state index contributed by atoms with van der Waals surface area (Å²) in [5.41, 5.74) is -0.714. The quantitative estimate of drug-likeness (QED) is 0.594. The van der Waals surface area contributed by atoms with E-state index in [2.05, 4.69) is 0 Å². The first kappa shape index (κ1) is 14.8. The van der Waals surface area contributed by atoms with Gasteiger partial charge in [0.05, 0.1) is 12.2 Å². The van der Waals surface area contributed by atoms with E-state index in [1.165, 1.54) is 12.1 Å². The highest BCUT2D eigenvalue weighted by molar-refractivity contribution is 7.20. The zero-order valence-corrected chi connectivity index (χ0v) is 11.6. The van der Waals surface area contributed by atoms with Gasteiger partial charge in [-0.3, -0.25) is 0 Å². The number of carbonyl (C=O) groups is 1. The highest BCUT2D eigenvalue weighted by Crippen LogP contribution is 2.34. The number of unbranched alkanes of at least 4 members (excludes halogenated alkanes) is 1. The van der Waals surface area contributed by atoms with Crippen LogP contribution in [0, 0.1) is 0 Å². The number of thiophene rings is 1. The van der Waals surface area contributed by atoms with Crippen LogP contribution in [0.3, 0.4) is 0 Å². The van der Waals surface area contributed by atoms with Crippen LogP contribution in [-0.2, 0) is 10.9 Å². The largest absolute Gasteiger partial charge is 0.462 e. The Morgan fingerprint density at radius 3 is 2.70 bits per heavy atom. The number of carbonyl (C=O) groups excluding carboxylic acids is 1. The molecule has 2 rings (SSSR count). The lowest BCUT2D eigenvalue weighted by molar-refractivity contribution is -0.137. The van der Waals surface area contributed by atoms with Gasteiger partial charge in [0.15, 0.2) is 0 Å². The maximum Gasteiger partial charge on any atom is 0.416 e. The van der Waals surface area contributed by atoms with E-state index in [4.69, 9.17) is 4.74 Å². The number of halogens is 3. The number of benzene rings is 1. The Balaban J connectivity index is 2.23. The summed E-state index contributed by atoms with van der Waals surface area (Å²) in [7, 11) is 0. The second kappa shape index (κ2) is 5.83. The van der Waals surface area contributed by atoms with Gasteiger partial charge in [0.2, 0.25) is 0 Å². The van der Waals surface area contributed by atoms with Crippen molar-refractivity contribution in [1.82, 2.24) is 0 Å². The number of hydrogen-bond acceptors (Lipinski definition) is 3. The van der Waals surface area contributed by atoms with Gasteiger partial charge in [-0.05, 0) is 36.1 Å². The lowest BCUT2D eigenvalue weighted by atomic mass is 10.1. The maximum atomic E-state index is 12.6. The number of esters is 1. The van der Waals surface area contributed by atoms with Crippen molar-refractivity contribution in [2.24, 2.45) is 0 Å². The number of rotatable bonds is 4. The summed E-state index contributed by atoms with van der Waals surface area (Å²) >= 11 is 1.14. The summed E-state index contributed by atoms with van der Waals surface area (Å²) in [4.78, 5) is 12.1. The summed E-state index contributed by atoms with van der Waals surface area (Å²) in [6, 6.07) is 4.90. The van der Waals surface area contributed by atoms with Gasteiger partial charge >= 0.3 is 12.1 Å². The highest BCUT2D eigenvalue weighted by Gasteiger charge is 2.30. The molecule has 0 saturated carbocycles. The SMILES string of the molecule is CCCCOC(=O)c1cc2cc(C(F)(F)F)ccc2s1. The first-order valence-electron chi connectivity index (χ1n) is 6.19. The van der Waals surface area contributed by atoms with Gasteiger partial charge in [0.1, 0.15) is 4.88 Å². The Hall–Kier alpha value is -1.56. The van der Waals surface area contributed by atoms with Crippen molar-refractivity contribution >= 4 is 27.4 Å². The fourth-order valence-electron chi connectivity index (χ4n) is 1.70. The molecule has 0 radical (unpaired) electrons. The molecule has 0 N–H and O–H groups in total. The molecule has 1 aromatic carbocycles. The van der Waals surface area contributed by atoms with Crippen LogP contribution < -0.4 is 0 Å². The van der Waals surface area contributed by atoms with Gasteiger partial charge < -0.3 is 4.74 Å². The Bertz CT molecular complexity index is 616. The molecule has 6 heteroatoms.